The number of aliphatic hydroxyl groups excluding tert-OH is 1. The Balaban J connectivity index is 2.46. The van der Waals surface area contributed by atoms with Crippen molar-refractivity contribution in [2.24, 2.45) is 11.8 Å². The molecule has 0 heterocycles. The van der Waals surface area contributed by atoms with Crippen LogP contribution < -0.4 is 0 Å². The monoisotopic (exact) mass is 192 g/mol. The summed E-state index contributed by atoms with van der Waals surface area (Å²) < 4.78 is 26.6. The lowest BCUT2D eigenvalue weighted by atomic mass is 9.80. The molecule has 0 saturated heterocycles. The number of rotatable bonds is 3. The van der Waals surface area contributed by atoms with Gasteiger partial charge in [-0.1, -0.05) is 13.3 Å². The van der Waals surface area contributed by atoms with E-state index in [1.807, 2.05) is 6.92 Å². The first-order valence-electron chi connectivity index (χ1n) is 5.05. The molecule has 1 N–H and O–H groups in total. The second-order valence-electron chi connectivity index (χ2n) is 4.23. The molecule has 0 amide bonds. The van der Waals surface area contributed by atoms with Crippen LogP contribution in [0.4, 0.5) is 8.78 Å². The van der Waals surface area contributed by atoms with Gasteiger partial charge in [0, 0.05) is 18.9 Å². The van der Waals surface area contributed by atoms with E-state index in [0.29, 0.717) is 19.3 Å². The molecule has 1 aliphatic carbocycles. The van der Waals surface area contributed by atoms with Crippen molar-refractivity contribution < 1.29 is 13.9 Å². The van der Waals surface area contributed by atoms with Crippen molar-refractivity contribution in [3.05, 3.63) is 0 Å². The minimum Gasteiger partial charge on any atom is -0.396 e. The van der Waals surface area contributed by atoms with Crippen molar-refractivity contribution in [2.45, 2.75) is 45.0 Å². The fourth-order valence-corrected chi connectivity index (χ4v) is 2.02. The van der Waals surface area contributed by atoms with Gasteiger partial charge < -0.3 is 5.11 Å². The molecule has 3 heteroatoms. The zero-order valence-electron chi connectivity index (χ0n) is 8.10. The number of aliphatic hydroxyl groups is 1. The molecule has 1 nitrogen and oxygen atoms in total. The number of hydrogen-bond acceptors (Lipinski definition) is 1. The summed E-state index contributed by atoms with van der Waals surface area (Å²) in [5.41, 5.74) is 0. The van der Waals surface area contributed by atoms with Crippen LogP contribution >= 0.6 is 0 Å². The standard InChI is InChI=1S/C10H18F2O/c1-8(7-13)6-9-4-2-3-5-10(9,11)12/h8-9,13H,2-7H2,1H3. The highest BCUT2D eigenvalue weighted by Gasteiger charge is 2.41. The van der Waals surface area contributed by atoms with Gasteiger partial charge in [-0.2, -0.15) is 0 Å². The molecule has 1 rings (SSSR count). The third kappa shape index (κ3) is 2.90. The highest BCUT2D eigenvalue weighted by atomic mass is 19.3. The molecular formula is C10H18F2O. The number of halogens is 2. The van der Waals surface area contributed by atoms with E-state index in [2.05, 4.69) is 0 Å². The van der Waals surface area contributed by atoms with Gasteiger partial charge in [0.1, 0.15) is 0 Å². The zero-order valence-corrected chi connectivity index (χ0v) is 8.10. The molecule has 1 saturated carbocycles. The van der Waals surface area contributed by atoms with E-state index in [9.17, 15) is 8.78 Å². The molecule has 0 radical (unpaired) electrons. The Kier molecular flexibility index (Phi) is 3.65. The maximum Gasteiger partial charge on any atom is 0.250 e. The fraction of sp³-hybridized carbons (Fsp3) is 1.00. The predicted molar refractivity (Wildman–Crippen MR) is 47.8 cm³/mol. The van der Waals surface area contributed by atoms with Crippen LogP contribution in [0.3, 0.4) is 0 Å². The summed E-state index contributed by atoms with van der Waals surface area (Å²) in [5, 5.41) is 8.79. The molecule has 0 aromatic heterocycles. The second kappa shape index (κ2) is 4.36. The smallest absolute Gasteiger partial charge is 0.250 e. The van der Waals surface area contributed by atoms with Crippen molar-refractivity contribution in [2.75, 3.05) is 6.61 Å². The molecule has 2 unspecified atom stereocenters. The highest BCUT2D eigenvalue weighted by molar-refractivity contribution is 4.82. The summed E-state index contributed by atoms with van der Waals surface area (Å²) in [6, 6.07) is 0. The minimum absolute atomic E-state index is 0.00831. The van der Waals surface area contributed by atoms with Crippen LogP contribution in [0, 0.1) is 11.8 Å². The van der Waals surface area contributed by atoms with Crippen molar-refractivity contribution in [1.82, 2.24) is 0 Å². The van der Waals surface area contributed by atoms with Crippen LogP contribution in [0.2, 0.25) is 0 Å². The third-order valence-electron chi connectivity index (χ3n) is 2.91. The summed E-state index contributed by atoms with van der Waals surface area (Å²) >= 11 is 0. The third-order valence-corrected chi connectivity index (χ3v) is 2.91. The average Bonchev–Trinajstić information content (AvgIpc) is 2.08. The molecule has 1 aliphatic rings. The Hall–Kier alpha value is -0.180. The Morgan fingerprint density at radius 1 is 1.46 bits per heavy atom. The van der Waals surface area contributed by atoms with E-state index in [1.54, 1.807) is 0 Å². The first-order chi connectivity index (χ1) is 6.06. The van der Waals surface area contributed by atoms with E-state index in [1.165, 1.54) is 0 Å². The molecule has 13 heavy (non-hydrogen) atoms. The fourth-order valence-electron chi connectivity index (χ4n) is 2.02. The predicted octanol–water partition coefficient (Wildman–Crippen LogP) is 2.83. The largest absolute Gasteiger partial charge is 0.396 e. The van der Waals surface area contributed by atoms with Crippen LogP contribution in [0.5, 0.6) is 0 Å². The summed E-state index contributed by atoms with van der Waals surface area (Å²) in [6.07, 6.45) is 2.69. The maximum absolute atomic E-state index is 13.3. The summed E-state index contributed by atoms with van der Waals surface area (Å²) in [4.78, 5) is 0. The Bertz CT molecular complexity index is 159. The van der Waals surface area contributed by atoms with E-state index >= 15 is 0 Å². The van der Waals surface area contributed by atoms with Crippen molar-refractivity contribution in [1.29, 1.82) is 0 Å². The molecule has 0 spiro atoms. The Morgan fingerprint density at radius 2 is 2.15 bits per heavy atom. The topological polar surface area (TPSA) is 20.2 Å². The van der Waals surface area contributed by atoms with Gasteiger partial charge in [-0.3, -0.25) is 0 Å². The number of hydrogen-bond donors (Lipinski definition) is 1. The molecule has 1 fully saturated rings. The lowest BCUT2D eigenvalue weighted by Crippen LogP contribution is -2.33. The normalized spacial score (nSPS) is 30.0. The van der Waals surface area contributed by atoms with E-state index in [0.717, 1.165) is 6.42 Å². The van der Waals surface area contributed by atoms with Crippen LogP contribution in [0.15, 0.2) is 0 Å². The van der Waals surface area contributed by atoms with Crippen LogP contribution in [0.25, 0.3) is 0 Å². The lowest BCUT2D eigenvalue weighted by molar-refractivity contribution is -0.0937. The van der Waals surface area contributed by atoms with Gasteiger partial charge in [-0.05, 0) is 25.2 Å². The molecule has 78 valence electrons. The van der Waals surface area contributed by atoms with Gasteiger partial charge in [0.25, 0.3) is 5.92 Å². The zero-order chi connectivity index (χ0) is 9.90. The molecule has 2 atom stereocenters. The SMILES string of the molecule is CC(CO)CC1CCCCC1(F)F. The van der Waals surface area contributed by atoms with Crippen LogP contribution in [-0.4, -0.2) is 17.6 Å². The number of alkyl halides is 2. The van der Waals surface area contributed by atoms with Crippen LogP contribution in [0.1, 0.15) is 39.0 Å². The quantitative estimate of drug-likeness (QED) is 0.729. The average molecular weight is 192 g/mol. The lowest BCUT2D eigenvalue weighted by Gasteiger charge is -2.32. The van der Waals surface area contributed by atoms with Crippen molar-refractivity contribution in [3.63, 3.8) is 0 Å². The summed E-state index contributed by atoms with van der Waals surface area (Å²) in [7, 11) is 0. The van der Waals surface area contributed by atoms with Crippen LogP contribution in [-0.2, 0) is 0 Å². The van der Waals surface area contributed by atoms with Gasteiger partial charge in [-0.15, -0.1) is 0 Å². The van der Waals surface area contributed by atoms with E-state index < -0.39 is 11.8 Å². The van der Waals surface area contributed by atoms with Gasteiger partial charge in [0.15, 0.2) is 0 Å². The van der Waals surface area contributed by atoms with Gasteiger partial charge >= 0.3 is 0 Å². The Labute approximate surface area is 78.1 Å². The molecule has 0 aromatic carbocycles. The molecular weight excluding hydrogens is 174 g/mol. The first kappa shape index (κ1) is 10.9. The van der Waals surface area contributed by atoms with Gasteiger partial charge in [0.05, 0.1) is 0 Å². The molecule has 0 aliphatic heterocycles. The van der Waals surface area contributed by atoms with Crippen molar-refractivity contribution >= 4 is 0 Å². The van der Waals surface area contributed by atoms with E-state index in [4.69, 9.17) is 5.11 Å². The van der Waals surface area contributed by atoms with Gasteiger partial charge in [0.2, 0.25) is 0 Å². The minimum atomic E-state index is -2.48. The van der Waals surface area contributed by atoms with Gasteiger partial charge in [-0.25, -0.2) is 8.78 Å². The molecule has 0 bridgehead atoms. The summed E-state index contributed by atoms with van der Waals surface area (Å²) in [6.45, 7) is 1.84. The highest BCUT2D eigenvalue weighted by Crippen LogP contribution is 2.41. The van der Waals surface area contributed by atoms with E-state index in [-0.39, 0.29) is 18.9 Å². The Morgan fingerprint density at radius 3 is 2.69 bits per heavy atom. The van der Waals surface area contributed by atoms with Crippen molar-refractivity contribution in [3.8, 4) is 0 Å². The first-order valence-corrected chi connectivity index (χ1v) is 5.05. The summed E-state index contributed by atoms with van der Waals surface area (Å²) in [5.74, 6) is -2.97. The molecule has 0 aromatic rings. The second-order valence-corrected chi connectivity index (χ2v) is 4.23. The maximum atomic E-state index is 13.3.